The molecule has 3 rings (SSSR count). The highest BCUT2D eigenvalue weighted by molar-refractivity contribution is 5.76. The van der Waals surface area contributed by atoms with E-state index in [1.165, 1.54) is 5.56 Å². The zero-order valence-corrected chi connectivity index (χ0v) is 18.6. The van der Waals surface area contributed by atoms with Gasteiger partial charge in [0.2, 0.25) is 5.91 Å². The van der Waals surface area contributed by atoms with E-state index in [1.807, 2.05) is 62.0 Å². The SMILES string of the molecule is CCOc1ccc(CCC(=O)N(C)Cc2c(C)nn(-c3ccccc3C)c2C)cc1. The summed E-state index contributed by atoms with van der Waals surface area (Å²) in [5.74, 6) is 0.993. The predicted molar refractivity (Wildman–Crippen MR) is 120 cm³/mol. The number of hydrogen-bond donors (Lipinski definition) is 0. The number of para-hydroxylation sites is 1. The van der Waals surface area contributed by atoms with E-state index < -0.39 is 0 Å². The van der Waals surface area contributed by atoms with Crippen LogP contribution in [0.1, 0.15) is 41.4 Å². The Labute approximate surface area is 179 Å². The van der Waals surface area contributed by atoms with Gasteiger partial charge in [-0.3, -0.25) is 4.79 Å². The molecule has 5 heteroatoms. The molecule has 1 heterocycles. The van der Waals surface area contributed by atoms with Gasteiger partial charge in [0, 0.05) is 31.3 Å². The monoisotopic (exact) mass is 405 g/mol. The molecule has 1 amide bonds. The van der Waals surface area contributed by atoms with E-state index in [2.05, 4.69) is 26.0 Å². The third-order valence-corrected chi connectivity index (χ3v) is 5.47. The van der Waals surface area contributed by atoms with Crippen molar-refractivity contribution in [3.8, 4) is 11.4 Å². The van der Waals surface area contributed by atoms with E-state index in [9.17, 15) is 4.79 Å². The summed E-state index contributed by atoms with van der Waals surface area (Å²) in [5.41, 5.74) is 6.54. The summed E-state index contributed by atoms with van der Waals surface area (Å²) in [4.78, 5) is 14.5. The van der Waals surface area contributed by atoms with Gasteiger partial charge in [0.05, 0.1) is 18.0 Å². The van der Waals surface area contributed by atoms with Gasteiger partial charge in [-0.15, -0.1) is 0 Å². The molecule has 0 unspecified atom stereocenters. The Balaban J connectivity index is 1.64. The van der Waals surface area contributed by atoms with Gasteiger partial charge in [-0.25, -0.2) is 4.68 Å². The number of nitrogens with zero attached hydrogens (tertiary/aromatic N) is 3. The largest absolute Gasteiger partial charge is 0.494 e. The molecule has 0 bridgehead atoms. The quantitative estimate of drug-likeness (QED) is 0.541. The minimum atomic E-state index is 0.131. The predicted octanol–water partition coefficient (Wildman–Crippen LogP) is 4.79. The molecule has 3 aromatic rings. The molecule has 0 aliphatic carbocycles. The third kappa shape index (κ3) is 4.90. The first kappa shape index (κ1) is 21.6. The molecule has 1 aromatic heterocycles. The number of carbonyl (C=O) groups excluding carboxylic acids is 1. The summed E-state index contributed by atoms with van der Waals surface area (Å²) in [6.07, 6.45) is 1.20. The summed E-state index contributed by atoms with van der Waals surface area (Å²) < 4.78 is 7.46. The highest BCUT2D eigenvalue weighted by Crippen LogP contribution is 2.22. The molecule has 0 radical (unpaired) electrons. The van der Waals surface area contributed by atoms with Crippen LogP contribution in [0.15, 0.2) is 48.5 Å². The number of ether oxygens (including phenoxy) is 1. The van der Waals surface area contributed by atoms with E-state index in [4.69, 9.17) is 9.84 Å². The number of aromatic nitrogens is 2. The molecule has 5 nitrogen and oxygen atoms in total. The molecule has 0 aliphatic rings. The number of amides is 1. The molecule has 0 saturated heterocycles. The van der Waals surface area contributed by atoms with Crippen LogP contribution in [0.25, 0.3) is 5.69 Å². The van der Waals surface area contributed by atoms with Crippen molar-refractivity contribution in [2.45, 2.75) is 47.1 Å². The highest BCUT2D eigenvalue weighted by atomic mass is 16.5. The molecule has 0 N–H and O–H groups in total. The van der Waals surface area contributed by atoms with Crippen LogP contribution < -0.4 is 4.74 Å². The second kappa shape index (κ2) is 9.61. The van der Waals surface area contributed by atoms with E-state index in [1.54, 1.807) is 4.90 Å². The molecular weight excluding hydrogens is 374 g/mol. The Bertz CT molecular complexity index is 1010. The van der Waals surface area contributed by atoms with Crippen LogP contribution in [0, 0.1) is 20.8 Å². The minimum Gasteiger partial charge on any atom is -0.494 e. The summed E-state index contributed by atoms with van der Waals surface area (Å²) in [6.45, 7) is 9.35. The van der Waals surface area contributed by atoms with E-state index in [0.717, 1.165) is 40.4 Å². The van der Waals surface area contributed by atoms with E-state index in [-0.39, 0.29) is 5.91 Å². The Morgan fingerprint density at radius 1 is 1.07 bits per heavy atom. The lowest BCUT2D eigenvalue weighted by atomic mass is 10.1. The van der Waals surface area contributed by atoms with Crippen molar-refractivity contribution in [3.05, 3.63) is 76.6 Å². The Kier molecular flexibility index (Phi) is 6.93. The topological polar surface area (TPSA) is 47.4 Å². The molecule has 0 aliphatic heterocycles. The molecule has 30 heavy (non-hydrogen) atoms. The first-order valence-electron chi connectivity index (χ1n) is 10.5. The van der Waals surface area contributed by atoms with Crippen LogP contribution in [0.3, 0.4) is 0 Å². The van der Waals surface area contributed by atoms with Gasteiger partial charge < -0.3 is 9.64 Å². The van der Waals surface area contributed by atoms with Gasteiger partial charge in [0.15, 0.2) is 0 Å². The molecule has 0 fully saturated rings. The van der Waals surface area contributed by atoms with Crippen molar-refractivity contribution in [2.24, 2.45) is 0 Å². The van der Waals surface area contributed by atoms with Crippen molar-refractivity contribution in [1.82, 2.24) is 14.7 Å². The fourth-order valence-electron chi connectivity index (χ4n) is 3.63. The zero-order valence-electron chi connectivity index (χ0n) is 18.6. The van der Waals surface area contributed by atoms with Gasteiger partial charge in [-0.2, -0.15) is 5.10 Å². The van der Waals surface area contributed by atoms with Gasteiger partial charge in [0.1, 0.15) is 5.75 Å². The number of rotatable bonds is 8. The van der Waals surface area contributed by atoms with Gasteiger partial charge in [-0.05, 0) is 63.4 Å². The number of benzene rings is 2. The summed E-state index contributed by atoms with van der Waals surface area (Å²) in [7, 11) is 1.87. The van der Waals surface area contributed by atoms with Crippen molar-refractivity contribution < 1.29 is 9.53 Å². The average Bonchev–Trinajstić information content (AvgIpc) is 3.01. The van der Waals surface area contributed by atoms with Crippen LogP contribution in [-0.4, -0.2) is 34.2 Å². The third-order valence-electron chi connectivity index (χ3n) is 5.47. The Hall–Kier alpha value is -3.08. The number of carbonyl (C=O) groups is 1. The number of aryl methyl sites for hydroxylation is 3. The maximum atomic E-state index is 12.7. The summed E-state index contributed by atoms with van der Waals surface area (Å²) in [6, 6.07) is 16.2. The number of hydrogen-bond acceptors (Lipinski definition) is 3. The van der Waals surface area contributed by atoms with Crippen molar-refractivity contribution in [1.29, 1.82) is 0 Å². The lowest BCUT2D eigenvalue weighted by Gasteiger charge is -2.18. The maximum Gasteiger partial charge on any atom is 0.222 e. The molecule has 158 valence electrons. The molecule has 0 atom stereocenters. The standard InChI is InChI=1S/C25H31N3O2/c1-6-30-22-14-11-21(12-15-22)13-16-25(29)27(5)17-23-19(3)26-28(20(23)4)24-10-8-7-9-18(24)2/h7-12,14-15H,6,13,16-17H2,1-5H3. The second-order valence-electron chi connectivity index (χ2n) is 7.67. The van der Waals surface area contributed by atoms with Gasteiger partial charge >= 0.3 is 0 Å². The first-order valence-corrected chi connectivity index (χ1v) is 10.5. The average molecular weight is 406 g/mol. The summed E-state index contributed by atoms with van der Waals surface area (Å²) in [5, 5.41) is 4.74. The maximum absolute atomic E-state index is 12.7. The van der Waals surface area contributed by atoms with Crippen LogP contribution in [-0.2, 0) is 17.8 Å². The van der Waals surface area contributed by atoms with Gasteiger partial charge in [-0.1, -0.05) is 30.3 Å². The zero-order chi connectivity index (χ0) is 21.7. The van der Waals surface area contributed by atoms with Crippen LogP contribution in [0.2, 0.25) is 0 Å². The van der Waals surface area contributed by atoms with Crippen LogP contribution >= 0.6 is 0 Å². The lowest BCUT2D eigenvalue weighted by molar-refractivity contribution is -0.130. The molecular formula is C25H31N3O2. The fraction of sp³-hybridized carbons (Fsp3) is 0.360. The van der Waals surface area contributed by atoms with Crippen LogP contribution in [0.4, 0.5) is 0 Å². The summed E-state index contributed by atoms with van der Waals surface area (Å²) >= 11 is 0. The molecule has 0 saturated carbocycles. The van der Waals surface area contributed by atoms with Crippen LogP contribution in [0.5, 0.6) is 5.75 Å². The van der Waals surface area contributed by atoms with Crippen molar-refractivity contribution in [3.63, 3.8) is 0 Å². The van der Waals surface area contributed by atoms with Crippen molar-refractivity contribution >= 4 is 5.91 Å². The first-order chi connectivity index (χ1) is 14.4. The Morgan fingerprint density at radius 2 is 1.77 bits per heavy atom. The van der Waals surface area contributed by atoms with Gasteiger partial charge in [0.25, 0.3) is 0 Å². The van der Waals surface area contributed by atoms with E-state index in [0.29, 0.717) is 19.6 Å². The molecule has 2 aromatic carbocycles. The lowest BCUT2D eigenvalue weighted by Crippen LogP contribution is -2.27. The smallest absolute Gasteiger partial charge is 0.222 e. The molecule has 0 spiro atoms. The second-order valence-corrected chi connectivity index (χ2v) is 7.67. The minimum absolute atomic E-state index is 0.131. The normalized spacial score (nSPS) is 10.8. The Morgan fingerprint density at radius 3 is 2.43 bits per heavy atom. The fourth-order valence-corrected chi connectivity index (χ4v) is 3.63. The highest BCUT2D eigenvalue weighted by Gasteiger charge is 2.18. The van der Waals surface area contributed by atoms with E-state index >= 15 is 0 Å². The van der Waals surface area contributed by atoms with Crippen molar-refractivity contribution in [2.75, 3.05) is 13.7 Å².